The van der Waals surface area contributed by atoms with Gasteiger partial charge in [-0.1, -0.05) is 35.9 Å². The zero-order chi connectivity index (χ0) is 23.9. The summed E-state index contributed by atoms with van der Waals surface area (Å²) >= 11 is 5.97. The molecule has 0 aliphatic carbocycles. The van der Waals surface area contributed by atoms with Gasteiger partial charge in [0, 0.05) is 56.2 Å². The van der Waals surface area contributed by atoms with E-state index in [1.165, 1.54) is 5.56 Å². The fourth-order valence-corrected chi connectivity index (χ4v) is 4.96. The largest absolute Gasteiger partial charge is 0.451 e. The van der Waals surface area contributed by atoms with E-state index in [4.69, 9.17) is 11.6 Å². The molecule has 2 aliphatic rings. The first-order valence-corrected chi connectivity index (χ1v) is 11.6. The molecule has 0 bridgehead atoms. The number of aromatic nitrogens is 2. The van der Waals surface area contributed by atoms with Crippen LogP contribution in [-0.2, 0) is 12.7 Å². The van der Waals surface area contributed by atoms with Gasteiger partial charge in [0.2, 0.25) is 5.82 Å². The standard InChI is InChI=1S/C24H25ClF3N5O/c25-17-7-5-16(6-8-17)13-31-9-11-32(12-10-31)20-14-33(15-21(20)34)22-18-3-1-2-4-19(18)29-23(30-22)24(26,27)28/h1-8,20-21,34H,9-15H2/t20-,21-/m0/s1. The van der Waals surface area contributed by atoms with Crippen LogP contribution in [0.2, 0.25) is 5.02 Å². The Morgan fingerprint density at radius 1 is 0.941 bits per heavy atom. The Balaban J connectivity index is 1.29. The molecule has 5 rings (SSSR count). The van der Waals surface area contributed by atoms with E-state index < -0.39 is 18.1 Å². The summed E-state index contributed by atoms with van der Waals surface area (Å²) in [5, 5.41) is 12.1. The number of fused-ring (bicyclic) bond motifs is 1. The molecule has 2 aromatic carbocycles. The summed E-state index contributed by atoms with van der Waals surface area (Å²) in [6.45, 7) is 4.73. The number of aliphatic hydroxyl groups excluding tert-OH is 1. The predicted molar refractivity (Wildman–Crippen MR) is 125 cm³/mol. The number of alkyl halides is 3. The number of aliphatic hydroxyl groups is 1. The number of rotatable bonds is 4. The summed E-state index contributed by atoms with van der Waals surface area (Å²) in [7, 11) is 0. The molecule has 2 aliphatic heterocycles. The van der Waals surface area contributed by atoms with Crippen LogP contribution >= 0.6 is 11.6 Å². The molecule has 3 heterocycles. The summed E-state index contributed by atoms with van der Waals surface area (Å²) in [6, 6.07) is 14.3. The lowest BCUT2D eigenvalue weighted by atomic mass is 10.1. The second kappa shape index (κ2) is 9.30. The van der Waals surface area contributed by atoms with Crippen molar-refractivity contribution in [3.05, 3.63) is 64.9 Å². The maximum Gasteiger partial charge on any atom is 0.451 e. The summed E-state index contributed by atoms with van der Waals surface area (Å²) in [5.74, 6) is -0.934. The lowest BCUT2D eigenvalue weighted by Gasteiger charge is -2.38. The molecule has 2 atom stereocenters. The van der Waals surface area contributed by atoms with E-state index in [1.807, 2.05) is 24.3 Å². The molecule has 0 unspecified atom stereocenters. The van der Waals surface area contributed by atoms with E-state index in [9.17, 15) is 18.3 Å². The average molecular weight is 492 g/mol. The fraction of sp³-hybridized carbons (Fsp3) is 0.417. The molecule has 3 aromatic rings. The number of hydrogen-bond donors (Lipinski definition) is 1. The summed E-state index contributed by atoms with van der Waals surface area (Å²) < 4.78 is 40.3. The summed E-state index contributed by atoms with van der Waals surface area (Å²) in [4.78, 5) is 13.9. The highest BCUT2D eigenvalue weighted by molar-refractivity contribution is 6.30. The molecule has 1 aromatic heterocycles. The Morgan fingerprint density at radius 2 is 1.65 bits per heavy atom. The monoisotopic (exact) mass is 491 g/mol. The Labute approximate surface area is 200 Å². The van der Waals surface area contributed by atoms with Gasteiger partial charge in [0.25, 0.3) is 0 Å². The topological polar surface area (TPSA) is 55.7 Å². The molecule has 0 amide bonds. The molecule has 180 valence electrons. The minimum Gasteiger partial charge on any atom is -0.390 e. The van der Waals surface area contributed by atoms with E-state index in [0.717, 1.165) is 32.7 Å². The quantitative estimate of drug-likeness (QED) is 0.601. The molecule has 0 spiro atoms. The maximum atomic E-state index is 13.4. The number of β-amino-alcohol motifs (C(OH)–C–C–N with tert-alkyl or cyclic N) is 1. The van der Waals surface area contributed by atoms with Crippen LogP contribution in [0.1, 0.15) is 11.4 Å². The van der Waals surface area contributed by atoms with Gasteiger partial charge in [-0.3, -0.25) is 9.80 Å². The molecular formula is C24H25ClF3N5O. The van der Waals surface area contributed by atoms with Gasteiger partial charge in [0.1, 0.15) is 5.82 Å². The average Bonchev–Trinajstić information content (AvgIpc) is 3.21. The van der Waals surface area contributed by atoms with Crippen molar-refractivity contribution in [1.82, 2.24) is 19.8 Å². The van der Waals surface area contributed by atoms with Crippen LogP contribution in [0.3, 0.4) is 0 Å². The molecule has 1 N–H and O–H groups in total. The van der Waals surface area contributed by atoms with Crippen molar-refractivity contribution >= 4 is 28.3 Å². The normalized spacial score (nSPS) is 22.6. The lowest BCUT2D eigenvalue weighted by Crippen LogP contribution is -2.53. The second-order valence-corrected chi connectivity index (χ2v) is 9.30. The number of halogens is 4. The van der Waals surface area contributed by atoms with E-state index >= 15 is 0 Å². The highest BCUT2D eigenvalue weighted by atomic mass is 35.5. The second-order valence-electron chi connectivity index (χ2n) is 8.86. The Hall–Kier alpha value is -2.46. The Bertz CT molecular complexity index is 1150. The molecular weight excluding hydrogens is 467 g/mol. The van der Waals surface area contributed by atoms with Crippen molar-refractivity contribution in [3.8, 4) is 0 Å². The number of anilines is 1. The van der Waals surface area contributed by atoms with Crippen molar-refractivity contribution in [3.63, 3.8) is 0 Å². The van der Waals surface area contributed by atoms with Gasteiger partial charge in [-0.2, -0.15) is 13.2 Å². The summed E-state index contributed by atoms with van der Waals surface area (Å²) in [6.07, 6.45) is -5.32. The molecule has 2 saturated heterocycles. The van der Waals surface area contributed by atoms with Crippen LogP contribution in [0.4, 0.5) is 19.0 Å². The van der Waals surface area contributed by atoms with Gasteiger partial charge >= 0.3 is 6.18 Å². The first-order chi connectivity index (χ1) is 16.3. The third-order valence-electron chi connectivity index (χ3n) is 6.59. The van der Waals surface area contributed by atoms with Gasteiger partial charge in [-0.05, 0) is 29.8 Å². The molecule has 10 heteroatoms. The van der Waals surface area contributed by atoms with Crippen LogP contribution in [0.25, 0.3) is 10.9 Å². The van der Waals surface area contributed by atoms with Gasteiger partial charge in [-0.15, -0.1) is 0 Å². The third kappa shape index (κ3) is 4.84. The first-order valence-electron chi connectivity index (χ1n) is 11.3. The molecule has 34 heavy (non-hydrogen) atoms. The predicted octanol–water partition coefficient (Wildman–Crippen LogP) is 3.67. The van der Waals surface area contributed by atoms with Gasteiger partial charge < -0.3 is 10.0 Å². The van der Waals surface area contributed by atoms with E-state index in [-0.39, 0.29) is 23.9 Å². The third-order valence-corrected chi connectivity index (χ3v) is 6.84. The van der Waals surface area contributed by atoms with Crippen LogP contribution in [0.5, 0.6) is 0 Å². The number of benzene rings is 2. The Morgan fingerprint density at radius 3 is 2.35 bits per heavy atom. The van der Waals surface area contributed by atoms with Gasteiger partial charge in [0.15, 0.2) is 0 Å². The van der Waals surface area contributed by atoms with Crippen molar-refractivity contribution in [2.45, 2.75) is 24.9 Å². The van der Waals surface area contributed by atoms with Gasteiger partial charge in [-0.25, -0.2) is 9.97 Å². The number of para-hydroxylation sites is 1. The maximum absolute atomic E-state index is 13.4. The molecule has 6 nitrogen and oxygen atoms in total. The number of piperazine rings is 1. The van der Waals surface area contributed by atoms with Gasteiger partial charge in [0.05, 0.1) is 17.7 Å². The smallest absolute Gasteiger partial charge is 0.390 e. The van der Waals surface area contributed by atoms with E-state index in [1.54, 1.807) is 29.2 Å². The van der Waals surface area contributed by atoms with E-state index in [2.05, 4.69) is 19.8 Å². The highest BCUT2D eigenvalue weighted by Crippen LogP contribution is 2.33. The fourth-order valence-electron chi connectivity index (χ4n) is 4.83. The molecule has 2 fully saturated rings. The van der Waals surface area contributed by atoms with Crippen molar-refractivity contribution in [2.24, 2.45) is 0 Å². The minimum absolute atomic E-state index is 0.166. The van der Waals surface area contributed by atoms with Crippen LogP contribution in [0.15, 0.2) is 48.5 Å². The highest BCUT2D eigenvalue weighted by Gasteiger charge is 2.40. The minimum atomic E-state index is -4.64. The lowest BCUT2D eigenvalue weighted by molar-refractivity contribution is -0.144. The van der Waals surface area contributed by atoms with Crippen molar-refractivity contribution in [1.29, 1.82) is 0 Å². The molecule has 0 radical (unpaired) electrons. The van der Waals surface area contributed by atoms with Crippen LogP contribution in [-0.4, -0.2) is 76.3 Å². The van der Waals surface area contributed by atoms with Crippen LogP contribution in [0, 0.1) is 0 Å². The first kappa shape index (κ1) is 23.3. The zero-order valence-electron chi connectivity index (χ0n) is 18.4. The molecule has 0 saturated carbocycles. The SMILES string of the molecule is O[C@H]1CN(c2nc(C(F)(F)F)nc3ccccc23)C[C@@H]1N1CCN(Cc2ccc(Cl)cc2)CC1. The van der Waals surface area contributed by atoms with E-state index in [0.29, 0.717) is 17.0 Å². The van der Waals surface area contributed by atoms with Crippen molar-refractivity contribution in [2.75, 3.05) is 44.2 Å². The Kier molecular flexibility index (Phi) is 6.37. The summed E-state index contributed by atoms with van der Waals surface area (Å²) in [5.41, 5.74) is 1.44. The number of hydrogen-bond acceptors (Lipinski definition) is 6. The van der Waals surface area contributed by atoms with Crippen molar-refractivity contribution < 1.29 is 18.3 Å². The van der Waals surface area contributed by atoms with Crippen LogP contribution < -0.4 is 4.90 Å². The number of nitrogens with zero attached hydrogens (tertiary/aromatic N) is 5. The zero-order valence-corrected chi connectivity index (χ0v) is 19.2.